The molecule has 0 aliphatic heterocycles. The smallest absolute Gasteiger partial charge is 0.170 e. The summed E-state index contributed by atoms with van der Waals surface area (Å²) in [6.45, 7) is 3.04. The maximum absolute atomic E-state index is 5.33. The van der Waals surface area contributed by atoms with E-state index in [2.05, 4.69) is 22.5 Å². The minimum Gasteiger partial charge on any atom is -0.494 e. The van der Waals surface area contributed by atoms with Crippen LogP contribution in [0.25, 0.3) is 10.9 Å². The first-order valence-electron chi connectivity index (χ1n) is 6.72. The van der Waals surface area contributed by atoms with E-state index in [1.807, 2.05) is 24.3 Å². The zero-order chi connectivity index (χ0) is 14.4. The van der Waals surface area contributed by atoms with Gasteiger partial charge in [0.2, 0.25) is 0 Å². The maximum atomic E-state index is 5.33. The van der Waals surface area contributed by atoms with Crippen LogP contribution >= 0.6 is 12.2 Å². The number of rotatable bonds is 5. The molecule has 2 aromatic rings. The number of hydrogen-bond acceptors (Lipinski definition) is 3. The maximum Gasteiger partial charge on any atom is 0.170 e. The highest BCUT2D eigenvalue weighted by atomic mass is 32.1. The van der Waals surface area contributed by atoms with E-state index in [1.54, 1.807) is 13.3 Å². The largest absolute Gasteiger partial charge is 0.494 e. The van der Waals surface area contributed by atoms with Crippen LogP contribution in [0, 0.1) is 0 Å². The standard InChI is InChI=1S/C15H19N3OS/c1-3-4-9-17-15(20)18-12-7-8-13(19-2)14-11(12)6-5-10-16-14/h5-8,10H,3-4,9H2,1-2H3,(H2,17,18,20). The Bertz CT molecular complexity index is 601. The first-order chi connectivity index (χ1) is 9.76. The Balaban J connectivity index is 2.20. The van der Waals surface area contributed by atoms with Crippen molar-refractivity contribution < 1.29 is 4.74 Å². The fourth-order valence-electron chi connectivity index (χ4n) is 1.97. The molecule has 1 aromatic heterocycles. The van der Waals surface area contributed by atoms with Gasteiger partial charge < -0.3 is 15.4 Å². The summed E-state index contributed by atoms with van der Waals surface area (Å²) < 4.78 is 5.33. The Morgan fingerprint density at radius 3 is 2.95 bits per heavy atom. The van der Waals surface area contributed by atoms with Crippen LogP contribution in [0.1, 0.15) is 19.8 Å². The highest BCUT2D eigenvalue weighted by Gasteiger charge is 2.08. The van der Waals surface area contributed by atoms with Crippen LogP contribution < -0.4 is 15.4 Å². The average Bonchev–Trinajstić information content (AvgIpc) is 2.48. The third-order valence-corrected chi connectivity index (χ3v) is 3.26. The second kappa shape index (κ2) is 7.05. The molecule has 2 rings (SSSR count). The third-order valence-electron chi connectivity index (χ3n) is 3.02. The molecule has 4 nitrogen and oxygen atoms in total. The molecule has 1 heterocycles. The quantitative estimate of drug-likeness (QED) is 0.653. The van der Waals surface area contributed by atoms with Gasteiger partial charge in [0.1, 0.15) is 11.3 Å². The summed E-state index contributed by atoms with van der Waals surface area (Å²) in [7, 11) is 1.65. The van der Waals surface area contributed by atoms with Gasteiger partial charge >= 0.3 is 0 Å². The van der Waals surface area contributed by atoms with Gasteiger partial charge in [0, 0.05) is 23.8 Å². The molecule has 0 spiro atoms. The summed E-state index contributed by atoms with van der Waals surface area (Å²) in [6, 6.07) is 7.76. The lowest BCUT2D eigenvalue weighted by atomic mass is 10.1. The SMILES string of the molecule is CCCCNC(=S)Nc1ccc(OC)c2ncccc12. The first-order valence-corrected chi connectivity index (χ1v) is 7.13. The van der Waals surface area contributed by atoms with E-state index in [0.717, 1.165) is 41.7 Å². The van der Waals surface area contributed by atoms with Crippen molar-refractivity contribution in [3.8, 4) is 5.75 Å². The fraction of sp³-hybridized carbons (Fsp3) is 0.333. The predicted molar refractivity (Wildman–Crippen MR) is 87.4 cm³/mol. The summed E-state index contributed by atoms with van der Waals surface area (Å²) >= 11 is 5.30. The van der Waals surface area contributed by atoms with Crippen LogP contribution in [0.3, 0.4) is 0 Å². The van der Waals surface area contributed by atoms with Crippen molar-refractivity contribution in [3.05, 3.63) is 30.5 Å². The van der Waals surface area contributed by atoms with Crippen molar-refractivity contribution in [1.29, 1.82) is 0 Å². The molecule has 0 bridgehead atoms. The summed E-state index contributed by atoms with van der Waals surface area (Å²) in [5.74, 6) is 0.760. The molecule has 0 aliphatic rings. The Hall–Kier alpha value is -1.88. The van der Waals surface area contributed by atoms with Crippen molar-refractivity contribution in [2.45, 2.75) is 19.8 Å². The number of nitrogens with zero attached hydrogens (tertiary/aromatic N) is 1. The molecule has 0 aliphatic carbocycles. The van der Waals surface area contributed by atoms with Crippen molar-refractivity contribution in [3.63, 3.8) is 0 Å². The number of anilines is 1. The predicted octanol–water partition coefficient (Wildman–Crippen LogP) is 3.33. The van der Waals surface area contributed by atoms with Gasteiger partial charge in [-0.15, -0.1) is 0 Å². The van der Waals surface area contributed by atoms with E-state index >= 15 is 0 Å². The highest BCUT2D eigenvalue weighted by Crippen LogP contribution is 2.29. The number of fused-ring (bicyclic) bond motifs is 1. The number of methoxy groups -OCH3 is 1. The highest BCUT2D eigenvalue weighted by molar-refractivity contribution is 7.80. The van der Waals surface area contributed by atoms with Gasteiger partial charge in [-0.2, -0.15) is 0 Å². The molecule has 0 atom stereocenters. The Morgan fingerprint density at radius 1 is 1.35 bits per heavy atom. The Morgan fingerprint density at radius 2 is 2.20 bits per heavy atom. The zero-order valence-corrected chi connectivity index (χ0v) is 12.6. The van der Waals surface area contributed by atoms with Crippen LogP contribution in [-0.4, -0.2) is 23.8 Å². The van der Waals surface area contributed by atoms with Gasteiger partial charge in [0.15, 0.2) is 5.11 Å². The molecular weight excluding hydrogens is 270 g/mol. The minimum absolute atomic E-state index is 0.633. The van der Waals surface area contributed by atoms with Crippen LogP contribution in [-0.2, 0) is 0 Å². The molecule has 2 N–H and O–H groups in total. The van der Waals surface area contributed by atoms with Crippen molar-refractivity contribution in [1.82, 2.24) is 10.3 Å². The third kappa shape index (κ3) is 3.36. The van der Waals surface area contributed by atoms with Gasteiger partial charge in [0.05, 0.1) is 7.11 Å². The van der Waals surface area contributed by atoms with E-state index < -0.39 is 0 Å². The monoisotopic (exact) mass is 289 g/mol. The summed E-state index contributed by atoms with van der Waals surface area (Å²) in [6.07, 6.45) is 4.00. The van der Waals surface area contributed by atoms with E-state index in [1.165, 1.54) is 0 Å². The van der Waals surface area contributed by atoms with Gasteiger partial charge in [-0.25, -0.2) is 0 Å². The summed E-state index contributed by atoms with van der Waals surface area (Å²) in [4.78, 5) is 4.37. The summed E-state index contributed by atoms with van der Waals surface area (Å²) in [5.41, 5.74) is 1.76. The molecule has 0 unspecified atom stereocenters. The lowest BCUT2D eigenvalue weighted by Gasteiger charge is -2.13. The van der Waals surface area contributed by atoms with Crippen LogP contribution in [0.2, 0.25) is 0 Å². The lowest BCUT2D eigenvalue weighted by molar-refractivity contribution is 0.419. The Labute approximate surface area is 124 Å². The molecule has 0 amide bonds. The second-order valence-electron chi connectivity index (χ2n) is 4.45. The molecule has 0 saturated carbocycles. The fourth-order valence-corrected chi connectivity index (χ4v) is 2.18. The van der Waals surface area contributed by atoms with Gasteiger partial charge in [-0.3, -0.25) is 4.98 Å². The van der Waals surface area contributed by atoms with E-state index in [-0.39, 0.29) is 0 Å². The normalized spacial score (nSPS) is 10.3. The first kappa shape index (κ1) is 14.5. The molecule has 0 radical (unpaired) electrons. The van der Waals surface area contributed by atoms with Crippen LogP contribution in [0.15, 0.2) is 30.5 Å². The number of ether oxygens (including phenoxy) is 1. The summed E-state index contributed by atoms with van der Waals surface area (Å²) in [5, 5.41) is 8.04. The number of pyridine rings is 1. The van der Waals surface area contributed by atoms with E-state index in [0.29, 0.717) is 5.11 Å². The molecular formula is C15H19N3OS. The molecule has 20 heavy (non-hydrogen) atoms. The molecule has 0 fully saturated rings. The van der Waals surface area contributed by atoms with Crippen molar-refractivity contribution in [2.24, 2.45) is 0 Å². The minimum atomic E-state index is 0.633. The van der Waals surface area contributed by atoms with Crippen LogP contribution in [0.4, 0.5) is 5.69 Å². The molecule has 1 aromatic carbocycles. The number of benzene rings is 1. The number of unbranched alkanes of at least 4 members (excludes halogenated alkanes) is 1. The van der Waals surface area contributed by atoms with E-state index in [9.17, 15) is 0 Å². The average molecular weight is 289 g/mol. The molecule has 5 heteroatoms. The number of thiocarbonyl (C=S) groups is 1. The molecule has 0 saturated heterocycles. The Kier molecular flexibility index (Phi) is 5.12. The number of hydrogen-bond donors (Lipinski definition) is 2. The van der Waals surface area contributed by atoms with E-state index in [4.69, 9.17) is 17.0 Å². The van der Waals surface area contributed by atoms with Gasteiger partial charge in [0.25, 0.3) is 0 Å². The lowest BCUT2D eigenvalue weighted by Crippen LogP contribution is -2.29. The van der Waals surface area contributed by atoms with Crippen LogP contribution in [0.5, 0.6) is 5.75 Å². The van der Waals surface area contributed by atoms with Gasteiger partial charge in [-0.1, -0.05) is 13.3 Å². The number of nitrogens with one attached hydrogen (secondary N) is 2. The van der Waals surface area contributed by atoms with Crippen molar-refractivity contribution >= 4 is 33.9 Å². The zero-order valence-electron chi connectivity index (χ0n) is 11.8. The van der Waals surface area contributed by atoms with Crippen molar-refractivity contribution in [2.75, 3.05) is 19.0 Å². The second-order valence-corrected chi connectivity index (χ2v) is 4.86. The number of aromatic nitrogens is 1. The molecule has 106 valence electrons. The van der Waals surface area contributed by atoms with Gasteiger partial charge in [-0.05, 0) is 42.9 Å². The topological polar surface area (TPSA) is 46.2 Å².